The van der Waals surface area contributed by atoms with E-state index in [9.17, 15) is 9.59 Å². The van der Waals surface area contributed by atoms with Crippen LogP contribution in [0.15, 0.2) is 24.3 Å². The van der Waals surface area contributed by atoms with Crippen LogP contribution in [0.3, 0.4) is 0 Å². The molecule has 0 spiro atoms. The number of carbonyl (C=O) groups excluding carboxylic acids is 2. The summed E-state index contributed by atoms with van der Waals surface area (Å²) in [5, 5.41) is 3.86. The van der Waals surface area contributed by atoms with Crippen LogP contribution >= 0.6 is 23.6 Å². The minimum Gasteiger partial charge on any atom is -0.465 e. The summed E-state index contributed by atoms with van der Waals surface area (Å²) in [6, 6.07) is 8.53. The van der Waals surface area contributed by atoms with Crippen LogP contribution in [0.25, 0.3) is 0 Å². The molecule has 1 heterocycles. The zero-order valence-electron chi connectivity index (χ0n) is 19.4. The zero-order valence-corrected chi connectivity index (χ0v) is 21.1. The van der Waals surface area contributed by atoms with Crippen LogP contribution in [0.2, 0.25) is 0 Å². The first-order chi connectivity index (χ1) is 15.1. The normalized spacial score (nSPS) is 17.4. The first-order valence-electron chi connectivity index (χ1n) is 10.7. The van der Waals surface area contributed by atoms with E-state index < -0.39 is 5.97 Å². The average Bonchev–Trinajstić information content (AvgIpc) is 3.49. The van der Waals surface area contributed by atoms with E-state index in [2.05, 4.69) is 61.2 Å². The highest BCUT2D eigenvalue weighted by molar-refractivity contribution is 7.80. The lowest BCUT2D eigenvalue weighted by Crippen LogP contribution is -2.44. The molecule has 1 amide bonds. The van der Waals surface area contributed by atoms with Crippen molar-refractivity contribution < 1.29 is 14.3 Å². The number of anilines is 1. The van der Waals surface area contributed by atoms with Crippen molar-refractivity contribution >= 4 is 45.5 Å². The van der Waals surface area contributed by atoms with E-state index in [1.54, 1.807) is 0 Å². The average molecular weight is 474 g/mol. The molecule has 3 rings (SSSR count). The number of hydrazine groups is 1. The number of thiocarbonyl (C=S) groups is 1. The van der Waals surface area contributed by atoms with Crippen molar-refractivity contribution in [1.82, 2.24) is 10.9 Å². The molecule has 0 bridgehead atoms. The largest absolute Gasteiger partial charge is 0.465 e. The van der Waals surface area contributed by atoms with Crippen LogP contribution < -0.4 is 16.2 Å². The van der Waals surface area contributed by atoms with Crippen LogP contribution in [-0.4, -0.2) is 24.1 Å². The number of nitrogens with one attached hydrogen (secondary N) is 3. The summed E-state index contributed by atoms with van der Waals surface area (Å²) >= 11 is 6.76. The molecule has 172 valence electrons. The first-order valence-corrected chi connectivity index (χ1v) is 12.0. The van der Waals surface area contributed by atoms with Crippen molar-refractivity contribution in [2.45, 2.75) is 58.8 Å². The third-order valence-corrected chi connectivity index (χ3v) is 7.08. The topological polar surface area (TPSA) is 79.5 Å². The SMILES string of the molecule is CCc1c(C)sc(NC(=S)NNC(=O)[C@H]2C[C@H]2c2ccc(C(C)(C)C)cc2)c1C(=O)OC. The fourth-order valence-corrected chi connectivity index (χ4v) is 5.19. The number of hydrogen-bond acceptors (Lipinski definition) is 5. The molecule has 3 N–H and O–H groups in total. The van der Waals surface area contributed by atoms with Crippen molar-refractivity contribution in [3.8, 4) is 0 Å². The number of aryl methyl sites for hydroxylation is 1. The maximum Gasteiger partial charge on any atom is 0.341 e. The summed E-state index contributed by atoms with van der Waals surface area (Å²) < 4.78 is 4.93. The molecule has 1 fully saturated rings. The van der Waals surface area contributed by atoms with Crippen LogP contribution in [-0.2, 0) is 21.4 Å². The van der Waals surface area contributed by atoms with E-state index in [1.807, 2.05) is 13.8 Å². The van der Waals surface area contributed by atoms with Gasteiger partial charge in [0.05, 0.1) is 12.7 Å². The first kappa shape index (κ1) is 24.2. The second-order valence-electron chi connectivity index (χ2n) is 9.08. The van der Waals surface area contributed by atoms with Gasteiger partial charge in [-0.05, 0) is 60.0 Å². The third-order valence-electron chi connectivity index (χ3n) is 5.81. The number of carbonyl (C=O) groups is 2. The van der Waals surface area contributed by atoms with Crippen molar-refractivity contribution in [3.05, 3.63) is 51.4 Å². The maximum absolute atomic E-state index is 12.6. The minimum absolute atomic E-state index is 0.0768. The lowest BCUT2D eigenvalue weighted by molar-refractivity contribution is -0.122. The van der Waals surface area contributed by atoms with Crippen LogP contribution in [0.1, 0.15) is 72.0 Å². The van der Waals surface area contributed by atoms with Crippen molar-refractivity contribution in [2.24, 2.45) is 5.92 Å². The number of amides is 1. The highest BCUT2D eigenvalue weighted by Crippen LogP contribution is 2.47. The molecule has 6 nitrogen and oxygen atoms in total. The van der Waals surface area contributed by atoms with Crippen molar-refractivity contribution in [3.63, 3.8) is 0 Å². The predicted molar refractivity (Wildman–Crippen MR) is 133 cm³/mol. The predicted octanol–water partition coefficient (Wildman–Crippen LogP) is 4.82. The highest BCUT2D eigenvalue weighted by atomic mass is 32.1. The number of thiophene rings is 1. The fourth-order valence-electron chi connectivity index (χ4n) is 3.84. The Balaban J connectivity index is 1.55. The Hall–Kier alpha value is -2.45. The summed E-state index contributed by atoms with van der Waals surface area (Å²) in [6.07, 6.45) is 1.53. The Morgan fingerprint density at radius 1 is 1.19 bits per heavy atom. The van der Waals surface area contributed by atoms with Gasteiger partial charge in [0.2, 0.25) is 5.91 Å². The van der Waals surface area contributed by atoms with Gasteiger partial charge >= 0.3 is 5.97 Å². The number of benzene rings is 1. The summed E-state index contributed by atoms with van der Waals surface area (Å²) in [6.45, 7) is 10.5. The molecule has 0 unspecified atom stereocenters. The molecule has 0 radical (unpaired) electrons. The Kier molecular flexibility index (Phi) is 7.25. The van der Waals surface area contributed by atoms with Gasteiger partial charge in [0, 0.05) is 10.8 Å². The van der Waals surface area contributed by atoms with Crippen LogP contribution in [0.4, 0.5) is 5.00 Å². The number of methoxy groups -OCH3 is 1. The van der Waals surface area contributed by atoms with E-state index in [0.717, 1.165) is 16.9 Å². The Bertz CT molecular complexity index is 1020. The number of ether oxygens (including phenoxy) is 1. The molecule has 8 heteroatoms. The van der Waals surface area contributed by atoms with Gasteiger partial charge in [-0.2, -0.15) is 0 Å². The van der Waals surface area contributed by atoms with Crippen LogP contribution in [0, 0.1) is 12.8 Å². The molecule has 0 aliphatic heterocycles. The molecular formula is C24H31N3O3S2. The summed E-state index contributed by atoms with van der Waals surface area (Å²) in [5.41, 5.74) is 9.46. The van der Waals surface area contributed by atoms with E-state index >= 15 is 0 Å². The van der Waals surface area contributed by atoms with E-state index in [0.29, 0.717) is 17.0 Å². The molecule has 1 aliphatic carbocycles. The monoisotopic (exact) mass is 473 g/mol. The highest BCUT2D eigenvalue weighted by Gasteiger charge is 2.44. The van der Waals surface area contributed by atoms with Crippen molar-refractivity contribution in [1.29, 1.82) is 0 Å². The molecule has 2 atom stereocenters. The fraction of sp³-hybridized carbons (Fsp3) is 0.458. The number of rotatable bonds is 5. The number of hydrogen-bond donors (Lipinski definition) is 3. The summed E-state index contributed by atoms with van der Waals surface area (Å²) in [4.78, 5) is 25.8. The second-order valence-corrected chi connectivity index (χ2v) is 10.7. The molecule has 2 aromatic rings. The van der Waals surface area contributed by atoms with E-state index in [4.69, 9.17) is 17.0 Å². The molecule has 1 aromatic heterocycles. The van der Waals surface area contributed by atoms with Gasteiger partial charge in [-0.1, -0.05) is 52.0 Å². The van der Waals surface area contributed by atoms with Crippen LogP contribution in [0.5, 0.6) is 0 Å². The van der Waals surface area contributed by atoms with Gasteiger partial charge in [0.1, 0.15) is 5.00 Å². The molecule has 1 aliphatic rings. The second kappa shape index (κ2) is 9.58. The zero-order chi connectivity index (χ0) is 23.6. The molecular weight excluding hydrogens is 442 g/mol. The summed E-state index contributed by atoms with van der Waals surface area (Å²) in [5.74, 6) is -0.347. The Labute approximate surface area is 199 Å². The Morgan fingerprint density at radius 2 is 1.84 bits per heavy atom. The molecule has 1 saturated carbocycles. The third kappa shape index (κ3) is 5.30. The quantitative estimate of drug-likeness (QED) is 0.328. The number of esters is 1. The molecule has 1 aromatic carbocycles. The standard InChI is InChI=1S/C24H31N3O3S2/c1-7-16-13(2)32-21(19(16)22(29)30-6)25-23(31)27-26-20(28)18-12-17(18)14-8-10-15(11-9-14)24(3,4)5/h8-11,17-18H,7,12H2,1-6H3,(H,26,28)(H2,25,27,31)/t17-,18-/m0/s1. The lowest BCUT2D eigenvalue weighted by atomic mass is 9.86. The van der Waals surface area contributed by atoms with Gasteiger partial charge < -0.3 is 10.1 Å². The van der Waals surface area contributed by atoms with Gasteiger partial charge in [-0.3, -0.25) is 15.6 Å². The minimum atomic E-state index is -0.404. The Morgan fingerprint density at radius 3 is 2.41 bits per heavy atom. The van der Waals surface area contributed by atoms with Gasteiger partial charge in [-0.15, -0.1) is 11.3 Å². The van der Waals surface area contributed by atoms with Gasteiger partial charge in [0.15, 0.2) is 5.11 Å². The van der Waals surface area contributed by atoms with E-state index in [1.165, 1.54) is 29.6 Å². The smallest absolute Gasteiger partial charge is 0.341 e. The van der Waals surface area contributed by atoms with Crippen molar-refractivity contribution in [2.75, 3.05) is 12.4 Å². The van der Waals surface area contributed by atoms with Gasteiger partial charge in [0.25, 0.3) is 0 Å². The summed E-state index contributed by atoms with van der Waals surface area (Å²) in [7, 11) is 1.36. The maximum atomic E-state index is 12.6. The molecule has 32 heavy (non-hydrogen) atoms. The molecule has 0 saturated heterocycles. The van der Waals surface area contributed by atoms with E-state index in [-0.39, 0.29) is 28.3 Å². The lowest BCUT2D eigenvalue weighted by Gasteiger charge is -2.19. The van der Waals surface area contributed by atoms with Gasteiger partial charge in [-0.25, -0.2) is 4.79 Å².